The van der Waals surface area contributed by atoms with Crippen LogP contribution in [0.5, 0.6) is 5.75 Å². The van der Waals surface area contributed by atoms with Gasteiger partial charge in [-0.1, -0.05) is 36.4 Å². The van der Waals surface area contributed by atoms with Crippen LogP contribution in [-0.4, -0.2) is 20.7 Å². The van der Waals surface area contributed by atoms with Gasteiger partial charge in [0.25, 0.3) is 0 Å². The lowest BCUT2D eigenvalue weighted by Gasteiger charge is -2.19. The van der Waals surface area contributed by atoms with E-state index in [2.05, 4.69) is 59.6 Å². The van der Waals surface area contributed by atoms with E-state index in [0.717, 1.165) is 18.0 Å². The molecule has 0 saturated heterocycles. The first-order chi connectivity index (χ1) is 10.6. The van der Waals surface area contributed by atoms with E-state index in [-0.39, 0.29) is 0 Å². The molecule has 0 fully saturated rings. The maximum atomic E-state index is 5.76. The number of benzene rings is 2. The van der Waals surface area contributed by atoms with Gasteiger partial charge in [-0.25, -0.2) is 0 Å². The van der Waals surface area contributed by atoms with Gasteiger partial charge < -0.3 is 15.0 Å². The first-order valence-electron chi connectivity index (χ1n) is 7.83. The van der Waals surface area contributed by atoms with Crippen molar-refractivity contribution in [2.75, 3.05) is 25.6 Å². The van der Waals surface area contributed by atoms with Crippen LogP contribution >= 0.6 is 0 Å². The Balaban J connectivity index is 2.05. The van der Waals surface area contributed by atoms with Gasteiger partial charge in [0.2, 0.25) is 0 Å². The molecular formula is C19H26N2O. The maximum Gasteiger partial charge on any atom is 0.142 e. The lowest BCUT2D eigenvalue weighted by atomic mass is 10.1. The van der Waals surface area contributed by atoms with Crippen molar-refractivity contribution in [1.29, 1.82) is 0 Å². The molecule has 3 heteroatoms. The van der Waals surface area contributed by atoms with Gasteiger partial charge in [0.15, 0.2) is 0 Å². The van der Waals surface area contributed by atoms with Crippen molar-refractivity contribution in [1.82, 2.24) is 5.32 Å². The SMILES string of the molecule is CCOc1cc(CNC(C)c2ccccc2)ccc1N(C)C. The van der Waals surface area contributed by atoms with Crippen LogP contribution in [0.25, 0.3) is 0 Å². The van der Waals surface area contributed by atoms with E-state index >= 15 is 0 Å². The number of anilines is 1. The molecule has 2 rings (SSSR count). The first-order valence-corrected chi connectivity index (χ1v) is 7.83. The Kier molecular flexibility index (Phi) is 5.84. The molecule has 0 aliphatic rings. The molecule has 1 atom stereocenters. The molecule has 2 aromatic rings. The molecular weight excluding hydrogens is 272 g/mol. The summed E-state index contributed by atoms with van der Waals surface area (Å²) in [6.07, 6.45) is 0. The average molecular weight is 298 g/mol. The predicted octanol–water partition coefficient (Wildman–Crippen LogP) is 4.00. The first kappa shape index (κ1) is 16.4. The summed E-state index contributed by atoms with van der Waals surface area (Å²) in [6.45, 7) is 5.71. The molecule has 1 unspecified atom stereocenters. The monoisotopic (exact) mass is 298 g/mol. The number of nitrogens with one attached hydrogen (secondary N) is 1. The van der Waals surface area contributed by atoms with E-state index in [9.17, 15) is 0 Å². The van der Waals surface area contributed by atoms with E-state index in [1.54, 1.807) is 0 Å². The molecule has 0 aliphatic carbocycles. The summed E-state index contributed by atoms with van der Waals surface area (Å²) in [5.41, 5.74) is 3.65. The summed E-state index contributed by atoms with van der Waals surface area (Å²) in [5, 5.41) is 3.56. The standard InChI is InChI=1S/C19H26N2O/c1-5-22-19-13-16(11-12-18(19)21(3)4)14-20-15(2)17-9-7-6-8-10-17/h6-13,15,20H,5,14H2,1-4H3. The van der Waals surface area contributed by atoms with Gasteiger partial charge in [-0.3, -0.25) is 0 Å². The van der Waals surface area contributed by atoms with E-state index in [1.807, 2.05) is 27.1 Å². The summed E-state index contributed by atoms with van der Waals surface area (Å²) in [6, 6.07) is 17.2. The number of hydrogen-bond donors (Lipinski definition) is 1. The smallest absolute Gasteiger partial charge is 0.142 e. The molecule has 0 aliphatic heterocycles. The van der Waals surface area contributed by atoms with Crippen LogP contribution in [-0.2, 0) is 6.54 Å². The van der Waals surface area contributed by atoms with Gasteiger partial charge >= 0.3 is 0 Å². The van der Waals surface area contributed by atoms with Crippen molar-refractivity contribution in [3.8, 4) is 5.75 Å². The zero-order chi connectivity index (χ0) is 15.9. The fraction of sp³-hybridized carbons (Fsp3) is 0.368. The maximum absolute atomic E-state index is 5.76. The van der Waals surface area contributed by atoms with E-state index in [0.29, 0.717) is 12.6 Å². The topological polar surface area (TPSA) is 24.5 Å². The average Bonchev–Trinajstić information content (AvgIpc) is 2.53. The lowest BCUT2D eigenvalue weighted by Crippen LogP contribution is -2.18. The van der Waals surface area contributed by atoms with Crippen molar-refractivity contribution in [3.05, 3.63) is 59.7 Å². The third kappa shape index (κ3) is 4.25. The summed E-state index contributed by atoms with van der Waals surface area (Å²) >= 11 is 0. The molecule has 0 amide bonds. The molecule has 0 bridgehead atoms. The van der Waals surface area contributed by atoms with Crippen molar-refractivity contribution in [2.24, 2.45) is 0 Å². The highest BCUT2D eigenvalue weighted by molar-refractivity contribution is 5.58. The Morgan fingerprint density at radius 1 is 1.09 bits per heavy atom. The van der Waals surface area contributed by atoms with Crippen LogP contribution in [0.3, 0.4) is 0 Å². The minimum atomic E-state index is 0.324. The Morgan fingerprint density at radius 3 is 2.45 bits per heavy atom. The molecule has 3 nitrogen and oxygen atoms in total. The Labute approximate surface area is 133 Å². The van der Waals surface area contributed by atoms with Gasteiger partial charge in [-0.05, 0) is 37.1 Å². The summed E-state index contributed by atoms with van der Waals surface area (Å²) in [5.74, 6) is 0.944. The van der Waals surface area contributed by atoms with Gasteiger partial charge in [-0.15, -0.1) is 0 Å². The number of nitrogens with zero attached hydrogens (tertiary/aromatic N) is 1. The lowest BCUT2D eigenvalue weighted by molar-refractivity contribution is 0.340. The fourth-order valence-corrected chi connectivity index (χ4v) is 2.44. The highest BCUT2D eigenvalue weighted by Gasteiger charge is 2.08. The van der Waals surface area contributed by atoms with Crippen LogP contribution in [0, 0.1) is 0 Å². The van der Waals surface area contributed by atoms with Crippen LogP contribution < -0.4 is 15.0 Å². The second-order valence-electron chi connectivity index (χ2n) is 5.64. The molecule has 2 aromatic carbocycles. The Morgan fingerprint density at radius 2 is 1.82 bits per heavy atom. The zero-order valence-corrected chi connectivity index (χ0v) is 14.0. The fourth-order valence-electron chi connectivity index (χ4n) is 2.44. The third-order valence-corrected chi connectivity index (χ3v) is 3.72. The molecule has 0 heterocycles. The molecule has 1 N–H and O–H groups in total. The van der Waals surface area contributed by atoms with Crippen molar-refractivity contribution in [2.45, 2.75) is 26.4 Å². The van der Waals surface area contributed by atoms with E-state index in [4.69, 9.17) is 4.74 Å². The van der Waals surface area contributed by atoms with Crippen molar-refractivity contribution >= 4 is 5.69 Å². The summed E-state index contributed by atoms with van der Waals surface area (Å²) < 4.78 is 5.76. The second kappa shape index (κ2) is 7.85. The largest absolute Gasteiger partial charge is 0.492 e. The minimum Gasteiger partial charge on any atom is -0.492 e. The van der Waals surface area contributed by atoms with Gasteiger partial charge in [0, 0.05) is 26.7 Å². The van der Waals surface area contributed by atoms with E-state index < -0.39 is 0 Å². The normalized spacial score (nSPS) is 12.0. The van der Waals surface area contributed by atoms with Crippen LogP contribution in [0.2, 0.25) is 0 Å². The molecule has 0 saturated carbocycles. The van der Waals surface area contributed by atoms with Crippen LogP contribution in [0.1, 0.15) is 31.0 Å². The summed E-state index contributed by atoms with van der Waals surface area (Å²) in [4.78, 5) is 2.08. The number of ether oxygens (including phenoxy) is 1. The quantitative estimate of drug-likeness (QED) is 0.836. The highest BCUT2D eigenvalue weighted by atomic mass is 16.5. The van der Waals surface area contributed by atoms with Crippen molar-refractivity contribution in [3.63, 3.8) is 0 Å². The zero-order valence-electron chi connectivity index (χ0n) is 14.0. The number of hydrogen-bond acceptors (Lipinski definition) is 3. The van der Waals surface area contributed by atoms with Gasteiger partial charge in [-0.2, -0.15) is 0 Å². The molecule has 0 radical (unpaired) electrons. The molecule has 118 valence electrons. The number of rotatable bonds is 7. The predicted molar refractivity (Wildman–Crippen MR) is 93.6 cm³/mol. The molecule has 0 spiro atoms. The van der Waals surface area contributed by atoms with Crippen LogP contribution in [0.4, 0.5) is 5.69 Å². The van der Waals surface area contributed by atoms with Crippen LogP contribution in [0.15, 0.2) is 48.5 Å². The Hall–Kier alpha value is -2.00. The van der Waals surface area contributed by atoms with Crippen molar-refractivity contribution < 1.29 is 4.74 Å². The second-order valence-corrected chi connectivity index (χ2v) is 5.64. The minimum absolute atomic E-state index is 0.324. The van der Waals surface area contributed by atoms with E-state index in [1.165, 1.54) is 11.1 Å². The molecule has 0 aromatic heterocycles. The molecule has 22 heavy (non-hydrogen) atoms. The summed E-state index contributed by atoms with van der Waals surface area (Å²) in [7, 11) is 4.07. The van der Waals surface area contributed by atoms with Gasteiger partial charge in [0.05, 0.1) is 12.3 Å². The Bertz CT molecular complexity index is 581. The van der Waals surface area contributed by atoms with Gasteiger partial charge in [0.1, 0.15) is 5.75 Å². The third-order valence-electron chi connectivity index (χ3n) is 3.72. The highest BCUT2D eigenvalue weighted by Crippen LogP contribution is 2.28.